The molecule has 1 aromatic carbocycles. The van der Waals surface area contributed by atoms with Crippen molar-refractivity contribution in [3.05, 3.63) is 72.4 Å². The molecule has 150 valence electrons. The van der Waals surface area contributed by atoms with Crippen molar-refractivity contribution in [2.75, 3.05) is 0 Å². The second-order valence-corrected chi connectivity index (χ2v) is 6.22. The fourth-order valence-electron chi connectivity index (χ4n) is 2.79. The Hall–Kier alpha value is -3.62. The van der Waals surface area contributed by atoms with Gasteiger partial charge in [-0.3, -0.25) is 0 Å². The van der Waals surface area contributed by atoms with Gasteiger partial charge in [-0.15, -0.1) is 0 Å². The maximum atomic E-state index is 10.6. The molecule has 0 aliphatic carbocycles. The fourth-order valence-corrected chi connectivity index (χ4v) is 2.79. The van der Waals surface area contributed by atoms with Crippen LogP contribution in [0.25, 0.3) is 22.3 Å². The zero-order valence-corrected chi connectivity index (χ0v) is 15.2. The number of carboxylic acids is 1. The van der Waals surface area contributed by atoms with Crippen LogP contribution in [0.4, 0.5) is 13.2 Å². The van der Waals surface area contributed by atoms with E-state index in [-0.39, 0.29) is 5.92 Å². The van der Waals surface area contributed by atoms with Gasteiger partial charge in [-0.2, -0.15) is 13.2 Å². The first-order valence-corrected chi connectivity index (χ1v) is 8.60. The number of nitrogens with one attached hydrogen (secondary N) is 2. The summed E-state index contributed by atoms with van der Waals surface area (Å²) in [5.74, 6) is -1.55. The maximum absolute atomic E-state index is 10.6. The Balaban J connectivity index is 0.000000298. The summed E-state index contributed by atoms with van der Waals surface area (Å²) in [4.78, 5) is 24.4. The average Bonchev–Trinajstić information content (AvgIpc) is 3.37. The molecule has 4 aromatic rings. The molecule has 6 nitrogen and oxygen atoms in total. The van der Waals surface area contributed by atoms with Gasteiger partial charge in [-0.25, -0.2) is 14.8 Å². The highest BCUT2D eigenvalue weighted by Crippen LogP contribution is 2.28. The summed E-state index contributed by atoms with van der Waals surface area (Å²) in [6.45, 7) is 2.16. The lowest BCUT2D eigenvalue weighted by Crippen LogP contribution is -2.21. The third kappa shape index (κ3) is 4.63. The summed E-state index contributed by atoms with van der Waals surface area (Å²) in [5, 5.41) is 8.23. The van der Waals surface area contributed by atoms with Crippen LogP contribution in [0.1, 0.15) is 24.2 Å². The van der Waals surface area contributed by atoms with Crippen molar-refractivity contribution < 1.29 is 23.1 Å². The number of hydrogen-bond donors (Lipinski definition) is 3. The number of aromatic amines is 2. The lowest BCUT2D eigenvalue weighted by atomic mass is 10.0. The van der Waals surface area contributed by atoms with Gasteiger partial charge >= 0.3 is 12.1 Å². The monoisotopic (exact) mass is 402 g/mol. The molecule has 0 fully saturated rings. The van der Waals surface area contributed by atoms with E-state index in [1.807, 2.05) is 36.8 Å². The van der Waals surface area contributed by atoms with Gasteiger partial charge in [-0.05, 0) is 17.7 Å². The molecular weight excluding hydrogens is 385 g/mol. The molecule has 0 amide bonds. The maximum Gasteiger partial charge on any atom is 0.490 e. The molecule has 3 N–H and O–H groups in total. The number of nitrogens with zero attached hydrogens (tertiary/aromatic N) is 2. The third-order valence-corrected chi connectivity index (χ3v) is 4.30. The van der Waals surface area contributed by atoms with Crippen molar-refractivity contribution in [3.8, 4) is 11.3 Å². The summed E-state index contributed by atoms with van der Waals surface area (Å²) < 4.78 is 31.7. The van der Waals surface area contributed by atoms with E-state index in [4.69, 9.17) is 9.90 Å². The van der Waals surface area contributed by atoms with Crippen LogP contribution in [-0.2, 0) is 4.79 Å². The number of benzene rings is 1. The SMILES string of the molecule is CC(c1ccccc1)c1ncc(-c2ccnc3[nH]ccc23)[nH]1.O=C(O)C(F)(F)F. The van der Waals surface area contributed by atoms with Crippen LogP contribution in [0.2, 0.25) is 0 Å². The second kappa shape index (κ2) is 8.17. The minimum atomic E-state index is -5.08. The molecule has 0 saturated heterocycles. The van der Waals surface area contributed by atoms with Crippen molar-refractivity contribution >= 4 is 17.0 Å². The van der Waals surface area contributed by atoms with E-state index in [2.05, 4.69) is 51.1 Å². The number of carbonyl (C=O) groups is 1. The summed E-state index contributed by atoms with van der Waals surface area (Å²) in [5.41, 5.74) is 4.28. The van der Waals surface area contributed by atoms with Crippen LogP contribution < -0.4 is 0 Å². The van der Waals surface area contributed by atoms with Crippen LogP contribution in [0.5, 0.6) is 0 Å². The van der Waals surface area contributed by atoms with Gasteiger partial charge in [0.2, 0.25) is 0 Å². The molecule has 0 spiro atoms. The van der Waals surface area contributed by atoms with Crippen LogP contribution in [0, 0.1) is 0 Å². The van der Waals surface area contributed by atoms with E-state index in [1.54, 1.807) is 0 Å². The highest BCUT2D eigenvalue weighted by molar-refractivity contribution is 5.91. The summed E-state index contributed by atoms with van der Waals surface area (Å²) in [6.07, 6.45) is 0.539. The number of alkyl halides is 3. The minimum absolute atomic E-state index is 0.235. The first-order valence-electron chi connectivity index (χ1n) is 8.60. The highest BCUT2D eigenvalue weighted by Gasteiger charge is 2.38. The van der Waals surface area contributed by atoms with Crippen LogP contribution in [-0.4, -0.2) is 37.2 Å². The van der Waals surface area contributed by atoms with E-state index in [1.165, 1.54) is 5.56 Å². The molecular formula is C20H17F3N4O2. The Morgan fingerprint density at radius 3 is 2.45 bits per heavy atom. The number of halogens is 3. The molecule has 1 atom stereocenters. The predicted octanol–water partition coefficient (Wildman–Crippen LogP) is 4.74. The Bertz CT molecular complexity index is 1100. The Morgan fingerprint density at radius 2 is 1.79 bits per heavy atom. The number of rotatable bonds is 3. The molecule has 0 radical (unpaired) electrons. The lowest BCUT2D eigenvalue weighted by molar-refractivity contribution is -0.192. The summed E-state index contributed by atoms with van der Waals surface area (Å²) >= 11 is 0. The average molecular weight is 402 g/mol. The number of carboxylic acid groups (broad SMARTS) is 1. The Kier molecular flexibility index (Phi) is 5.67. The van der Waals surface area contributed by atoms with Crippen LogP contribution in [0.3, 0.4) is 0 Å². The minimum Gasteiger partial charge on any atom is -0.475 e. The van der Waals surface area contributed by atoms with Crippen molar-refractivity contribution in [1.29, 1.82) is 0 Å². The van der Waals surface area contributed by atoms with Crippen molar-refractivity contribution in [1.82, 2.24) is 19.9 Å². The molecule has 0 aliphatic heterocycles. The summed E-state index contributed by atoms with van der Waals surface area (Å²) in [6, 6.07) is 14.5. The molecule has 9 heteroatoms. The van der Waals surface area contributed by atoms with Gasteiger partial charge in [0.15, 0.2) is 0 Å². The zero-order chi connectivity index (χ0) is 21.0. The highest BCUT2D eigenvalue weighted by atomic mass is 19.4. The first-order chi connectivity index (χ1) is 13.8. The second-order valence-electron chi connectivity index (χ2n) is 6.22. The number of H-pyrrole nitrogens is 2. The first kappa shape index (κ1) is 20.1. The van der Waals surface area contributed by atoms with Gasteiger partial charge in [0.05, 0.1) is 11.9 Å². The van der Waals surface area contributed by atoms with Crippen LogP contribution >= 0.6 is 0 Å². The molecule has 0 aliphatic rings. The smallest absolute Gasteiger partial charge is 0.475 e. The number of aliphatic carboxylic acids is 1. The van der Waals surface area contributed by atoms with E-state index in [0.29, 0.717) is 0 Å². The molecule has 3 heterocycles. The zero-order valence-electron chi connectivity index (χ0n) is 15.2. The Morgan fingerprint density at radius 1 is 1.10 bits per heavy atom. The van der Waals surface area contributed by atoms with Gasteiger partial charge in [0.1, 0.15) is 11.5 Å². The fraction of sp³-hybridized carbons (Fsp3) is 0.150. The number of pyridine rings is 1. The quantitative estimate of drug-likeness (QED) is 0.461. The number of aromatic nitrogens is 4. The van der Waals surface area contributed by atoms with Crippen LogP contribution in [0.15, 0.2) is 61.1 Å². The topological polar surface area (TPSA) is 94.7 Å². The number of imidazole rings is 1. The van der Waals surface area contributed by atoms with Gasteiger partial charge in [0, 0.05) is 29.3 Å². The van der Waals surface area contributed by atoms with Gasteiger partial charge < -0.3 is 15.1 Å². The molecule has 1 unspecified atom stereocenters. The summed E-state index contributed by atoms with van der Waals surface area (Å²) in [7, 11) is 0. The lowest BCUT2D eigenvalue weighted by Gasteiger charge is -2.08. The number of fused-ring (bicyclic) bond motifs is 1. The normalized spacial score (nSPS) is 12.3. The standard InChI is InChI=1S/C18H16N4.C2HF3O2/c1-12(13-5-3-2-4-6-13)17-21-11-16(22-17)14-7-9-19-18-15(14)8-10-20-18;3-2(4,5)1(6)7/h2-12H,1H3,(H,19,20)(H,21,22);(H,6,7). The molecule has 4 rings (SSSR count). The van der Waals surface area contributed by atoms with Gasteiger partial charge in [-0.1, -0.05) is 37.3 Å². The van der Waals surface area contributed by atoms with Gasteiger partial charge in [0.25, 0.3) is 0 Å². The molecule has 0 bridgehead atoms. The van der Waals surface area contributed by atoms with E-state index < -0.39 is 12.1 Å². The van der Waals surface area contributed by atoms with E-state index in [0.717, 1.165) is 28.1 Å². The molecule has 29 heavy (non-hydrogen) atoms. The van der Waals surface area contributed by atoms with E-state index in [9.17, 15) is 13.2 Å². The predicted molar refractivity (Wildman–Crippen MR) is 101 cm³/mol. The number of hydrogen-bond acceptors (Lipinski definition) is 3. The molecule has 0 saturated carbocycles. The Labute approximate surface area is 163 Å². The third-order valence-electron chi connectivity index (χ3n) is 4.30. The largest absolute Gasteiger partial charge is 0.490 e. The molecule has 3 aromatic heterocycles. The van der Waals surface area contributed by atoms with Crippen molar-refractivity contribution in [2.45, 2.75) is 19.0 Å². The van der Waals surface area contributed by atoms with Crippen molar-refractivity contribution in [3.63, 3.8) is 0 Å². The van der Waals surface area contributed by atoms with Crippen molar-refractivity contribution in [2.24, 2.45) is 0 Å². The van der Waals surface area contributed by atoms with E-state index >= 15 is 0 Å².